The van der Waals surface area contributed by atoms with E-state index in [2.05, 4.69) is 15.9 Å². The maximum absolute atomic E-state index is 5.72. The zero-order valence-electron chi connectivity index (χ0n) is 7.37. The summed E-state index contributed by atoms with van der Waals surface area (Å²) in [4.78, 5) is 0. The van der Waals surface area contributed by atoms with Crippen LogP contribution in [-0.4, -0.2) is 17.5 Å². The molecule has 0 spiro atoms. The van der Waals surface area contributed by atoms with E-state index in [9.17, 15) is 0 Å². The summed E-state index contributed by atoms with van der Waals surface area (Å²) in [5.41, 5.74) is 0. The number of ether oxygens (including phenoxy) is 2. The Bertz CT molecular complexity index is 301. The van der Waals surface area contributed by atoms with Crippen LogP contribution in [0.5, 0.6) is 11.5 Å². The molecule has 0 N–H and O–H groups in total. The molecule has 0 aliphatic carbocycles. The third kappa shape index (κ3) is 1.66. The Balaban J connectivity index is 2.27. The van der Waals surface area contributed by atoms with Gasteiger partial charge in [-0.2, -0.15) is 0 Å². The van der Waals surface area contributed by atoms with Crippen LogP contribution in [0.2, 0.25) is 0 Å². The predicted molar refractivity (Wildman–Crippen MR) is 54.7 cm³/mol. The topological polar surface area (TPSA) is 18.5 Å². The van der Waals surface area contributed by atoms with Crippen LogP contribution in [0.3, 0.4) is 0 Å². The SMILES string of the molecule is CC1Oc2ccccc2OC1CBr. The van der Waals surface area contributed by atoms with Gasteiger partial charge in [-0.1, -0.05) is 28.1 Å². The van der Waals surface area contributed by atoms with E-state index in [0.717, 1.165) is 16.8 Å². The normalized spacial score (nSPS) is 25.7. The first kappa shape index (κ1) is 8.88. The predicted octanol–water partition coefficient (Wildman–Crippen LogP) is 2.61. The molecular formula is C10H11BrO2. The smallest absolute Gasteiger partial charge is 0.161 e. The summed E-state index contributed by atoms with van der Waals surface area (Å²) in [6.07, 6.45) is 0.212. The van der Waals surface area contributed by atoms with Gasteiger partial charge in [-0.3, -0.25) is 0 Å². The zero-order chi connectivity index (χ0) is 9.26. The molecule has 2 atom stereocenters. The van der Waals surface area contributed by atoms with Crippen LogP contribution in [0.25, 0.3) is 0 Å². The van der Waals surface area contributed by atoms with Crippen LogP contribution in [0.4, 0.5) is 0 Å². The van der Waals surface area contributed by atoms with Crippen molar-refractivity contribution in [2.45, 2.75) is 19.1 Å². The van der Waals surface area contributed by atoms with E-state index in [4.69, 9.17) is 9.47 Å². The van der Waals surface area contributed by atoms with Gasteiger partial charge in [0.1, 0.15) is 12.2 Å². The lowest BCUT2D eigenvalue weighted by Gasteiger charge is -2.30. The van der Waals surface area contributed by atoms with Gasteiger partial charge < -0.3 is 9.47 Å². The van der Waals surface area contributed by atoms with E-state index in [1.165, 1.54) is 0 Å². The average molecular weight is 243 g/mol. The van der Waals surface area contributed by atoms with Gasteiger partial charge >= 0.3 is 0 Å². The molecule has 1 aromatic carbocycles. The average Bonchev–Trinajstić information content (AvgIpc) is 2.17. The molecule has 1 aliphatic rings. The monoisotopic (exact) mass is 242 g/mol. The summed E-state index contributed by atoms with van der Waals surface area (Å²) in [5.74, 6) is 1.68. The summed E-state index contributed by atoms with van der Waals surface area (Å²) in [6.45, 7) is 2.02. The van der Waals surface area contributed by atoms with E-state index in [-0.39, 0.29) is 12.2 Å². The van der Waals surface area contributed by atoms with E-state index in [0.29, 0.717) is 0 Å². The lowest BCUT2D eigenvalue weighted by Crippen LogP contribution is -2.38. The summed E-state index contributed by atoms with van der Waals surface area (Å²) >= 11 is 3.40. The molecule has 0 fully saturated rings. The standard InChI is InChI=1S/C10H11BrO2/c1-7-10(6-11)13-9-5-3-2-4-8(9)12-7/h2-5,7,10H,6H2,1H3. The molecule has 70 valence electrons. The van der Waals surface area contributed by atoms with Crippen molar-refractivity contribution in [2.75, 3.05) is 5.33 Å². The highest BCUT2D eigenvalue weighted by Gasteiger charge is 2.26. The molecule has 0 saturated heterocycles. The van der Waals surface area contributed by atoms with Crippen molar-refractivity contribution in [3.63, 3.8) is 0 Å². The van der Waals surface area contributed by atoms with Gasteiger partial charge in [0.15, 0.2) is 11.5 Å². The van der Waals surface area contributed by atoms with Crippen LogP contribution in [0.15, 0.2) is 24.3 Å². The largest absolute Gasteiger partial charge is 0.483 e. The number of benzene rings is 1. The zero-order valence-corrected chi connectivity index (χ0v) is 8.95. The maximum Gasteiger partial charge on any atom is 0.161 e. The van der Waals surface area contributed by atoms with E-state index in [1.807, 2.05) is 31.2 Å². The van der Waals surface area contributed by atoms with Crippen LogP contribution >= 0.6 is 15.9 Å². The summed E-state index contributed by atoms with van der Waals surface area (Å²) in [6, 6.07) is 7.75. The first-order valence-corrected chi connectivity index (χ1v) is 5.41. The Hall–Kier alpha value is -0.700. The molecule has 2 nitrogen and oxygen atoms in total. The molecule has 0 saturated carbocycles. The lowest BCUT2D eigenvalue weighted by molar-refractivity contribution is 0.0465. The van der Waals surface area contributed by atoms with Crippen molar-refractivity contribution in [3.05, 3.63) is 24.3 Å². The minimum Gasteiger partial charge on any atom is -0.483 e. The first-order valence-electron chi connectivity index (χ1n) is 4.29. The Morgan fingerprint density at radius 1 is 1.23 bits per heavy atom. The van der Waals surface area contributed by atoms with Gasteiger partial charge in [0.05, 0.1) is 0 Å². The molecule has 0 bridgehead atoms. The summed E-state index contributed by atoms with van der Waals surface area (Å²) in [7, 11) is 0. The van der Waals surface area contributed by atoms with Crippen LogP contribution in [-0.2, 0) is 0 Å². The number of hydrogen-bond donors (Lipinski definition) is 0. The van der Waals surface area contributed by atoms with Gasteiger partial charge in [0, 0.05) is 5.33 Å². The summed E-state index contributed by atoms with van der Waals surface area (Å²) in [5, 5.41) is 0.794. The second-order valence-electron chi connectivity index (χ2n) is 3.08. The highest BCUT2D eigenvalue weighted by molar-refractivity contribution is 9.09. The Morgan fingerprint density at radius 2 is 1.85 bits per heavy atom. The molecular weight excluding hydrogens is 232 g/mol. The Kier molecular flexibility index (Phi) is 2.44. The van der Waals surface area contributed by atoms with Crippen molar-refractivity contribution in [3.8, 4) is 11.5 Å². The fraction of sp³-hybridized carbons (Fsp3) is 0.400. The number of hydrogen-bond acceptors (Lipinski definition) is 2. The number of halogens is 1. The van der Waals surface area contributed by atoms with Crippen LogP contribution < -0.4 is 9.47 Å². The maximum atomic E-state index is 5.72. The summed E-state index contributed by atoms with van der Waals surface area (Å²) < 4.78 is 11.4. The van der Waals surface area contributed by atoms with Crippen LogP contribution in [0.1, 0.15) is 6.92 Å². The molecule has 0 amide bonds. The van der Waals surface area contributed by atoms with E-state index in [1.54, 1.807) is 0 Å². The third-order valence-electron chi connectivity index (χ3n) is 2.12. The molecule has 3 heteroatoms. The molecule has 1 aliphatic heterocycles. The fourth-order valence-electron chi connectivity index (χ4n) is 1.34. The van der Waals surface area contributed by atoms with Gasteiger partial charge in [0.25, 0.3) is 0 Å². The number of fused-ring (bicyclic) bond motifs is 1. The van der Waals surface area contributed by atoms with Crippen LogP contribution in [0, 0.1) is 0 Å². The fourth-order valence-corrected chi connectivity index (χ4v) is 2.00. The van der Waals surface area contributed by atoms with Gasteiger partial charge in [-0.05, 0) is 19.1 Å². The molecule has 1 heterocycles. The lowest BCUT2D eigenvalue weighted by atomic mass is 10.2. The van der Waals surface area contributed by atoms with E-state index >= 15 is 0 Å². The third-order valence-corrected chi connectivity index (χ3v) is 2.75. The number of para-hydroxylation sites is 2. The Morgan fingerprint density at radius 3 is 2.46 bits per heavy atom. The van der Waals surface area contributed by atoms with Crippen molar-refractivity contribution >= 4 is 15.9 Å². The minimum absolute atomic E-state index is 0.106. The second-order valence-corrected chi connectivity index (χ2v) is 3.73. The van der Waals surface area contributed by atoms with Crippen molar-refractivity contribution in [1.82, 2.24) is 0 Å². The van der Waals surface area contributed by atoms with Gasteiger partial charge in [0.2, 0.25) is 0 Å². The molecule has 2 rings (SSSR count). The van der Waals surface area contributed by atoms with Crippen molar-refractivity contribution in [1.29, 1.82) is 0 Å². The number of alkyl halides is 1. The Labute approximate surface area is 86.0 Å². The quantitative estimate of drug-likeness (QED) is 0.706. The second kappa shape index (κ2) is 3.58. The molecule has 13 heavy (non-hydrogen) atoms. The first-order chi connectivity index (χ1) is 6.31. The molecule has 0 aromatic heterocycles. The van der Waals surface area contributed by atoms with E-state index < -0.39 is 0 Å². The molecule has 2 unspecified atom stereocenters. The molecule has 0 radical (unpaired) electrons. The highest BCUT2D eigenvalue weighted by Crippen LogP contribution is 2.33. The van der Waals surface area contributed by atoms with Gasteiger partial charge in [-0.25, -0.2) is 0 Å². The minimum atomic E-state index is 0.106. The van der Waals surface area contributed by atoms with Crippen molar-refractivity contribution < 1.29 is 9.47 Å². The van der Waals surface area contributed by atoms with Gasteiger partial charge in [-0.15, -0.1) is 0 Å². The number of rotatable bonds is 1. The highest BCUT2D eigenvalue weighted by atomic mass is 79.9. The van der Waals surface area contributed by atoms with Crippen molar-refractivity contribution in [2.24, 2.45) is 0 Å². The molecule has 1 aromatic rings.